The van der Waals surface area contributed by atoms with E-state index in [1.165, 1.54) is 6.21 Å². The summed E-state index contributed by atoms with van der Waals surface area (Å²) in [6, 6.07) is 16.0. The van der Waals surface area contributed by atoms with Crippen molar-refractivity contribution in [3.63, 3.8) is 0 Å². The second kappa shape index (κ2) is 9.71. The molecule has 0 aliphatic heterocycles. The third kappa shape index (κ3) is 5.03. The van der Waals surface area contributed by atoms with Gasteiger partial charge in [-0.25, -0.2) is 4.79 Å². The van der Waals surface area contributed by atoms with Gasteiger partial charge in [-0.2, -0.15) is 0 Å². The summed E-state index contributed by atoms with van der Waals surface area (Å²) in [6.45, 7) is -0.171. The fourth-order valence-corrected chi connectivity index (χ4v) is 2.98. The van der Waals surface area contributed by atoms with Crippen LogP contribution in [0, 0.1) is 0 Å². The number of H-pyrrole nitrogens is 1. The van der Waals surface area contributed by atoms with E-state index < -0.39 is 23.2 Å². The average Bonchev–Trinajstić information content (AvgIpc) is 2.76. The SMILES string of the molecule is COc1ccc(Cn2c(O)c(C=N[C@H](CO)Cc3ccccc3)c(=O)[nH]c2=O)cc1. The Morgan fingerprint density at radius 2 is 1.80 bits per heavy atom. The molecule has 156 valence electrons. The summed E-state index contributed by atoms with van der Waals surface area (Å²) in [6.07, 6.45) is 1.67. The molecule has 0 aliphatic rings. The van der Waals surface area contributed by atoms with Crippen LogP contribution in [0.25, 0.3) is 0 Å². The summed E-state index contributed by atoms with van der Waals surface area (Å²) < 4.78 is 6.16. The zero-order valence-corrected chi connectivity index (χ0v) is 16.5. The van der Waals surface area contributed by atoms with E-state index in [1.54, 1.807) is 31.4 Å². The maximum atomic E-state index is 12.2. The van der Waals surface area contributed by atoms with E-state index in [9.17, 15) is 19.8 Å². The molecule has 0 radical (unpaired) electrons. The fourth-order valence-electron chi connectivity index (χ4n) is 2.98. The van der Waals surface area contributed by atoms with Crippen LogP contribution in [0.3, 0.4) is 0 Å². The zero-order valence-electron chi connectivity index (χ0n) is 16.5. The molecule has 0 aliphatic carbocycles. The number of rotatable bonds is 8. The lowest BCUT2D eigenvalue weighted by atomic mass is 10.1. The molecule has 3 N–H and O–H groups in total. The summed E-state index contributed by atoms with van der Waals surface area (Å²) in [4.78, 5) is 30.9. The molecule has 0 unspecified atom stereocenters. The van der Waals surface area contributed by atoms with Crippen molar-refractivity contribution in [2.75, 3.05) is 13.7 Å². The Hall–Kier alpha value is -3.65. The predicted octanol–water partition coefficient (Wildman–Crippen LogP) is 1.32. The zero-order chi connectivity index (χ0) is 21.5. The van der Waals surface area contributed by atoms with Crippen LogP contribution in [0.1, 0.15) is 16.7 Å². The molecule has 3 rings (SSSR count). The largest absolute Gasteiger partial charge is 0.497 e. The molecule has 30 heavy (non-hydrogen) atoms. The number of aliphatic imine (C=N–C) groups is 1. The van der Waals surface area contributed by atoms with Gasteiger partial charge in [-0.05, 0) is 29.7 Å². The minimum Gasteiger partial charge on any atom is -0.497 e. The van der Waals surface area contributed by atoms with Gasteiger partial charge in [0.25, 0.3) is 5.56 Å². The van der Waals surface area contributed by atoms with Crippen LogP contribution in [-0.4, -0.2) is 45.7 Å². The maximum absolute atomic E-state index is 12.2. The van der Waals surface area contributed by atoms with Crippen LogP contribution < -0.4 is 16.0 Å². The lowest BCUT2D eigenvalue weighted by Crippen LogP contribution is -2.32. The van der Waals surface area contributed by atoms with Gasteiger partial charge < -0.3 is 14.9 Å². The van der Waals surface area contributed by atoms with Gasteiger partial charge in [0, 0.05) is 6.21 Å². The second-order valence-corrected chi connectivity index (χ2v) is 6.74. The van der Waals surface area contributed by atoms with E-state index in [1.807, 2.05) is 30.3 Å². The highest BCUT2D eigenvalue weighted by molar-refractivity contribution is 5.82. The van der Waals surface area contributed by atoms with Crippen molar-refractivity contribution in [3.05, 3.63) is 92.1 Å². The molecule has 0 fully saturated rings. The van der Waals surface area contributed by atoms with Gasteiger partial charge in [0.05, 0.1) is 26.3 Å². The first-order chi connectivity index (χ1) is 14.5. The van der Waals surface area contributed by atoms with Gasteiger partial charge in [-0.3, -0.25) is 19.3 Å². The number of aliphatic hydroxyl groups is 1. The van der Waals surface area contributed by atoms with Gasteiger partial charge in [0.1, 0.15) is 11.3 Å². The molecule has 0 saturated carbocycles. The Balaban J connectivity index is 1.87. The molecule has 0 spiro atoms. The van der Waals surface area contributed by atoms with Crippen LogP contribution in [-0.2, 0) is 13.0 Å². The highest BCUT2D eigenvalue weighted by atomic mass is 16.5. The highest BCUT2D eigenvalue weighted by Gasteiger charge is 2.14. The fraction of sp³-hybridized carbons (Fsp3) is 0.227. The van der Waals surface area contributed by atoms with Crippen LogP contribution in [0.15, 0.2) is 69.2 Å². The van der Waals surface area contributed by atoms with Crippen molar-refractivity contribution in [3.8, 4) is 11.6 Å². The first-order valence-corrected chi connectivity index (χ1v) is 9.38. The molecule has 0 amide bonds. The van der Waals surface area contributed by atoms with Crippen molar-refractivity contribution in [2.24, 2.45) is 4.99 Å². The van der Waals surface area contributed by atoms with E-state index in [0.29, 0.717) is 12.2 Å². The number of aromatic amines is 1. The summed E-state index contributed by atoms with van der Waals surface area (Å²) in [5.74, 6) is 0.179. The molecule has 1 atom stereocenters. The molecule has 2 aromatic carbocycles. The summed E-state index contributed by atoms with van der Waals surface area (Å²) >= 11 is 0. The number of benzene rings is 2. The normalized spacial score (nSPS) is 12.2. The molecular formula is C22H23N3O5. The predicted molar refractivity (Wildman–Crippen MR) is 114 cm³/mol. The van der Waals surface area contributed by atoms with Crippen LogP contribution in [0.4, 0.5) is 0 Å². The lowest BCUT2D eigenvalue weighted by molar-refractivity contribution is 0.266. The van der Waals surface area contributed by atoms with E-state index in [0.717, 1.165) is 15.7 Å². The van der Waals surface area contributed by atoms with Crippen LogP contribution in [0.2, 0.25) is 0 Å². The number of methoxy groups -OCH3 is 1. The third-order valence-corrected chi connectivity index (χ3v) is 4.65. The molecule has 1 aromatic heterocycles. The third-order valence-electron chi connectivity index (χ3n) is 4.65. The maximum Gasteiger partial charge on any atom is 0.331 e. The van der Waals surface area contributed by atoms with E-state index in [2.05, 4.69) is 9.98 Å². The highest BCUT2D eigenvalue weighted by Crippen LogP contribution is 2.15. The first kappa shape index (κ1) is 21.1. The van der Waals surface area contributed by atoms with Crippen LogP contribution in [0.5, 0.6) is 11.6 Å². The smallest absolute Gasteiger partial charge is 0.331 e. The Morgan fingerprint density at radius 3 is 2.43 bits per heavy atom. The Morgan fingerprint density at radius 1 is 1.10 bits per heavy atom. The van der Waals surface area contributed by atoms with Crippen molar-refractivity contribution < 1.29 is 14.9 Å². The van der Waals surface area contributed by atoms with Crippen molar-refractivity contribution in [1.29, 1.82) is 0 Å². The van der Waals surface area contributed by atoms with Crippen LogP contribution >= 0.6 is 0 Å². The van der Waals surface area contributed by atoms with E-state index in [-0.39, 0.29) is 18.7 Å². The minimum atomic E-state index is -0.747. The number of ether oxygens (including phenoxy) is 1. The first-order valence-electron chi connectivity index (χ1n) is 9.38. The van der Waals surface area contributed by atoms with E-state index in [4.69, 9.17) is 4.74 Å². The summed E-state index contributed by atoms with van der Waals surface area (Å²) in [5.41, 5.74) is 0.100. The van der Waals surface area contributed by atoms with Crippen molar-refractivity contribution in [2.45, 2.75) is 19.0 Å². The minimum absolute atomic E-state index is 0.0553. The number of aliphatic hydroxyl groups excluding tert-OH is 1. The van der Waals surface area contributed by atoms with Gasteiger partial charge in [-0.15, -0.1) is 0 Å². The number of aromatic hydroxyl groups is 1. The topological polar surface area (TPSA) is 117 Å². The molecule has 3 aromatic rings. The quantitative estimate of drug-likeness (QED) is 0.485. The molecule has 1 heterocycles. The van der Waals surface area contributed by atoms with Gasteiger partial charge in [0.15, 0.2) is 0 Å². The molecule has 8 heteroatoms. The number of hydrogen-bond acceptors (Lipinski definition) is 6. The molecule has 0 saturated heterocycles. The number of nitrogens with one attached hydrogen (secondary N) is 1. The number of aromatic nitrogens is 2. The second-order valence-electron chi connectivity index (χ2n) is 6.74. The van der Waals surface area contributed by atoms with Gasteiger partial charge in [-0.1, -0.05) is 42.5 Å². The van der Waals surface area contributed by atoms with Crippen molar-refractivity contribution in [1.82, 2.24) is 9.55 Å². The van der Waals surface area contributed by atoms with Gasteiger partial charge in [0.2, 0.25) is 5.88 Å². The number of hydrogen-bond donors (Lipinski definition) is 3. The monoisotopic (exact) mass is 409 g/mol. The van der Waals surface area contributed by atoms with Gasteiger partial charge >= 0.3 is 5.69 Å². The Bertz CT molecular complexity index is 1120. The standard InChI is InChI=1S/C22H23N3O5/c1-30-18-9-7-16(8-10-18)13-25-21(28)19(20(27)24-22(25)29)12-23-17(14-26)11-15-5-3-2-4-6-15/h2-10,12,17,26,28H,11,13-14H2,1H3,(H,24,27,29)/t17-/m0/s1. The molecule has 8 nitrogen and oxygen atoms in total. The van der Waals surface area contributed by atoms with E-state index >= 15 is 0 Å². The molecular weight excluding hydrogens is 386 g/mol. The Labute approximate surface area is 172 Å². The van der Waals surface area contributed by atoms with Crippen molar-refractivity contribution >= 4 is 6.21 Å². The Kier molecular flexibility index (Phi) is 6.82. The summed E-state index contributed by atoms with van der Waals surface area (Å²) in [5, 5.41) is 20.2. The number of nitrogens with zero attached hydrogens (tertiary/aromatic N) is 2. The average molecular weight is 409 g/mol. The summed E-state index contributed by atoms with van der Waals surface area (Å²) in [7, 11) is 1.55. The lowest BCUT2D eigenvalue weighted by Gasteiger charge is -2.11. The molecule has 0 bridgehead atoms.